The summed E-state index contributed by atoms with van der Waals surface area (Å²) in [5, 5.41) is 10.1. The maximum Gasteiger partial charge on any atom is 0.0962 e. The molecule has 1 N–H and O–H groups in total. The summed E-state index contributed by atoms with van der Waals surface area (Å²) in [5.74, 6) is 0. The third-order valence-electron chi connectivity index (χ3n) is 3.56. The molecule has 2 aromatic rings. The van der Waals surface area contributed by atoms with Crippen molar-refractivity contribution in [2.45, 2.75) is 45.1 Å². The predicted molar refractivity (Wildman–Crippen MR) is 82.7 cm³/mol. The van der Waals surface area contributed by atoms with Crippen molar-refractivity contribution in [3.8, 4) is 0 Å². The first kappa shape index (κ1) is 14.7. The van der Waals surface area contributed by atoms with E-state index in [4.69, 9.17) is 0 Å². The molecule has 0 bridgehead atoms. The second-order valence-electron chi connectivity index (χ2n) is 6.26. The molecule has 0 saturated carbocycles. The number of hydrogen-bond acceptors (Lipinski definition) is 2. The van der Waals surface area contributed by atoms with E-state index in [1.165, 1.54) is 11.1 Å². The van der Waals surface area contributed by atoms with Crippen LogP contribution in [0.25, 0.3) is 0 Å². The Kier molecular flexibility index (Phi) is 4.56. The van der Waals surface area contributed by atoms with Gasteiger partial charge in [0.15, 0.2) is 0 Å². The third kappa shape index (κ3) is 3.91. The van der Waals surface area contributed by atoms with Gasteiger partial charge in [-0.15, -0.1) is 0 Å². The molecule has 2 heteroatoms. The lowest BCUT2D eigenvalue weighted by molar-refractivity contribution is 0.163. The Morgan fingerprint density at radius 2 is 1.75 bits per heavy atom. The van der Waals surface area contributed by atoms with E-state index in [-0.39, 0.29) is 5.41 Å². The van der Waals surface area contributed by atoms with Gasteiger partial charge >= 0.3 is 0 Å². The minimum Gasteiger partial charge on any atom is -0.387 e. The first-order valence-corrected chi connectivity index (χ1v) is 7.15. The molecule has 1 unspecified atom stereocenters. The first-order chi connectivity index (χ1) is 9.47. The highest BCUT2D eigenvalue weighted by molar-refractivity contribution is 5.27. The number of hydrogen-bond donors (Lipinski definition) is 1. The fourth-order valence-corrected chi connectivity index (χ4v) is 2.20. The number of pyridine rings is 1. The van der Waals surface area contributed by atoms with Crippen molar-refractivity contribution < 1.29 is 5.11 Å². The summed E-state index contributed by atoms with van der Waals surface area (Å²) in [6, 6.07) is 14.3. The molecule has 1 heterocycles. The van der Waals surface area contributed by atoms with Crippen molar-refractivity contribution >= 4 is 0 Å². The molecule has 106 valence electrons. The highest BCUT2D eigenvalue weighted by Crippen LogP contribution is 2.23. The quantitative estimate of drug-likeness (QED) is 0.908. The summed E-state index contributed by atoms with van der Waals surface area (Å²) in [4.78, 5) is 4.19. The molecule has 0 fully saturated rings. The van der Waals surface area contributed by atoms with Crippen molar-refractivity contribution in [2.75, 3.05) is 0 Å². The van der Waals surface area contributed by atoms with Gasteiger partial charge in [0.05, 0.1) is 11.8 Å². The highest BCUT2D eigenvalue weighted by atomic mass is 16.3. The van der Waals surface area contributed by atoms with Crippen LogP contribution < -0.4 is 0 Å². The molecule has 0 aliphatic carbocycles. The van der Waals surface area contributed by atoms with Crippen LogP contribution in [0.4, 0.5) is 0 Å². The minimum absolute atomic E-state index is 0.187. The van der Waals surface area contributed by atoms with E-state index in [9.17, 15) is 5.11 Å². The molecule has 2 nitrogen and oxygen atoms in total. The van der Waals surface area contributed by atoms with Crippen molar-refractivity contribution in [1.29, 1.82) is 0 Å². The van der Waals surface area contributed by atoms with Crippen molar-refractivity contribution in [3.05, 3.63) is 65.5 Å². The molecule has 0 radical (unpaired) electrons. The molecule has 20 heavy (non-hydrogen) atoms. The zero-order valence-electron chi connectivity index (χ0n) is 12.5. The zero-order valence-corrected chi connectivity index (χ0v) is 12.5. The van der Waals surface area contributed by atoms with Crippen molar-refractivity contribution in [1.82, 2.24) is 4.98 Å². The zero-order chi connectivity index (χ0) is 14.6. The van der Waals surface area contributed by atoms with E-state index in [2.05, 4.69) is 50.0 Å². The summed E-state index contributed by atoms with van der Waals surface area (Å²) >= 11 is 0. The fraction of sp³-hybridized carbons (Fsp3) is 0.389. The number of aliphatic hydroxyl groups is 1. The van der Waals surface area contributed by atoms with Crippen LogP contribution in [0.1, 0.15) is 50.1 Å². The number of aryl methyl sites for hydroxylation is 1. The van der Waals surface area contributed by atoms with Gasteiger partial charge in [-0.1, -0.05) is 51.1 Å². The van der Waals surface area contributed by atoms with Gasteiger partial charge in [0, 0.05) is 6.20 Å². The van der Waals surface area contributed by atoms with Crippen LogP contribution in [0, 0.1) is 0 Å². The average Bonchev–Trinajstić information content (AvgIpc) is 2.45. The number of benzene rings is 1. The lowest BCUT2D eigenvalue weighted by Gasteiger charge is -2.19. The maximum absolute atomic E-state index is 10.1. The minimum atomic E-state index is -0.488. The van der Waals surface area contributed by atoms with Gasteiger partial charge in [0.2, 0.25) is 0 Å². The largest absolute Gasteiger partial charge is 0.387 e. The molecule has 0 saturated heterocycles. The Bertz CT molecular complexity index is 526. The molecule has 0 aliphatic heterocycles. The molecule has 2 rings (SSSR count). The van der Waals surface area contributed by atoms with Gasteiger partial charge < -0.3 is 5.11 Å². The van der Waals surface area contributed by atoms with Crippen molar-refractivity contribution in [3.63, 3.8) is 0 Å². The molecule has 0 spiro atoms. The standard InChI is InChI=1S/C18H23NO/c1-18(2,3)15-10-7-14(8-11-15)9-12-17(20)16-6-4-5-13-19-16/h4-8,10-11,13,17,20H,9,12H2,1-3H3. The van der Waals surface area contributed by atoms with Gasteiger partial charge in [-0.05, 0) is 41.5 Å². The summed E-state index contributed by atoms with van der Waals surface area (Å²) < 4.78 is 0. The van der Waals surface area contributed by atoms with Gasteiger partial charge in [-0.3, -0.25) is 4.98 Å². The van der Waals surface area contributed by atoms with Crippen LogP contribution in [0.15, 0.2) is 48.7 Å². The number of rotatable bonds is 4. The van der Waals surface area contributed by atoms with Crippen LogP contribution in [-0.2, 0) is 11.8 Å². The van der Waals surface area contributed by atoms with E-state index in [1.54, 1.807) is 6.20 Å². The Morgan fingerprint density at radius 1 is 1.05 bits per heavy atom. The lowest BCUT2D eigenvalue weighted by Crippen LogP contribution is -2.10. The van der Waals surface area contributed by atoms with Gasteiger partial charge in [0.25, 0.3) is 0 Å². The summed E-state index contributed by atoms with van der Waals surface area (Å²) in [5.41, 5.74) is 3.53. The van der Waals surface area contributed by atoms with E-state index in [0.29, 0.717) is 6.42 Å². The molecular formula is C18H23NO. The van der Waals surface area contributed by atoms with Crippen LogP contribution >= 0.6 is 0 Å². The maximum atomic E-state index is 10.1. The Labute approximate surface area is 121 Å². The number of aliphatic hydroxyl groups excluding tert-OH is 1. The fourth-order valence-electron chi connectivity index (χ4n) is 2.20. The normalized spacial score (nSPS) is 13.2. The van der Waals surface area contributed by atoms with E-state index in [1.807, 2.05) is 18.2 Å². The topological polar surface area (TPSA) is 33.1 Å². The molecule has 0 amide bonds. The second kappa shape index (κ2) is 6.19. The van der Waals surface area contributed by atoms with Crippen LogP contribution in [0.3, 0.4) is 0 Å². The number of aromatic nitrogens is 1. The summed E-state index contributed by atoms with van der Waals surface area (Å²) in [7, 11) is 0. The smallest absolute Gasteiger partial charge is 0.0962 e. The Morgan fingerprint density at radius 3 is 2.30 bits per heavy atom. The lowest BCUT2D eigenvalue weighted by atomic mass is 9.86. The molecule has 1 aromatic carbocycles. The highest BCUT2D eigenvalue weighted by Gasteiger charge is 2.13. The predicted octanol–water partition coefficient (Wildman–Crippen LogP) is 4.05. The van der Waals surface area contributed by atoms with Gasteiger partial charge in [-0.25, -0.2) is 0 Å². The first-order valence-electron chi connectivity index (χ1n) is 7.15. The Balaban J connectivity index is 1.94. The van der Waals surface area contributed by atoms with Crippen LogP contribution in [0.2, 0.25) is 0 Å². The summed E-state index contributed by atoms with van der Waals surface area (Å²) in [6.45, 7) is 6.65. The summed E-state index contributed by atoms with van der Waals surface area (Å²) in [6.07, 6.45) is 2.79. The third-order valence-corrected chi connectivity index (χ3v) is 3.56. The van der Waals surface area contributed by atoms with E-state index in [0.717, 1.165) is 12.1 Å². The van der Waals surface area contributed by atoms with Crippen LogP contribution in [-0.4, -0.2) is 10.1 Å². The molecular weight excluding hydrogens is 246 g/mol. The monoisotopic (exact) mass is 269 g/mol. The van der Waals surface area contributed by atoms with E-state index < -0.39 is 6.10 Å². The number of nitrogens with zero attached hydrogens (tertiary/aromatic N) is 1. The van der Waals surface area contributed by atoms with Crippen LogP contribution in [0.5, 0.6) is 0 Å². The molecule has 0 aliphatic rings. The Hall–Kier alpha value is -1.67. The SMILES string of the molecule is CC(C)(C)c1ccc(CCC(O)c2ccccn2)cc1. The molecule has 1 aromatic heterocycles. The average molecular weight is 269 g/mol. The van der Waals surface area contributed by atoms with Gasteiger partial charge in [-0.2, -0.15) is 0 Å². The second-order valence-corrected chi connectivity index (χ2v) is 6.26. The van der Waals surface area contributed by atoms with Crippen molar-refractivity contribution in [2.24, 2.45) is 0 Å². The van der Waals surface area contributed by atoms with Gasteiger partial charge in [0.1, 0.15) is 0 Å². The molecule has 1 atom stereocenters. The van der Waals surface area contributed by atoms with E-state index >= 15 is 0 Å².